The predicted octanol–water partition coefficient (Wildman–Crippen LogP) is 2.54. The largest absolute Gasteiger partial charge is 0.395 e. The van der Waals surface area contributed by atoms with E-state index in [-0.39, 0.29) is 12.0 Å². The average molecular weight is 197 g/mol. The Morgan fingerprint density at radius 2 is 2.31 bits per heavy atom. The maximum absolute atomic E-state index is 9.31. The Hall–Kier alpha value is -0.530. The third kappa shape index (κ3) is 1.36. The maximum Gasteiger partial charge on any atom is 0.0525 e. The zero-order chi connectivity index (χ0) is 9.47. The van der Waals surface area contributed by atoms with Crippen molar-refractivity contribution >= 4 is 11.6 Å². The fourth-order valence-corrected chi connectivity index (χ4v) is 2.26. The van der Waals surface area contributed by atoms with Crippen molar-refractivity contribution in [3.05, 3.63) is 34.3 Å². The fourth-order valence-electron chi connectivity index (χ4n) is 2.07. The average Bonchev–Trinajstić information content (AvgIpc) is 2.45. The summed E-state index contributed by atoms with van der Waals surface area (Å²) in [5.74, 6) is 0. The van der Waals surface area contributed by atoms with Crippen molar-refractivity contribution < 1.29 is 5.11 Å². The van der Waals surface area contributed by atoms with Crippen LogP contribution in [0.3, 0.4) is 0 Å². The molecule has 0 spiro atoms. The Morgan fingerprint density at radius 1 is 1.54 bits per heavy atom. The molecular formula is C11H13ClO. The number of rotatable bonds is 1. The number of aliphatic hydroxyl groups is 1. The van der Waals surface area contributed by atoms with Crippen LogP contribution in [-0.2, 0) is 11.8 Å². The summed E-state index contributed by atoms with van der Waals surface area (Å²) in [6.07, 6.45) is 2.06. The van der Waals surface area contributed by atoms with E-state index >= 15 is 0 Å². The van der Waals surface area contributed by atoms with Crippen molar-refractivity contribution in [3.63, 3.8) is 0 Å². The van der Waals surface area contributed by atoms with Crippen molar-refractivity contribution in [1.29, 1.82) is 0 Å². The number of benzene rings is 1. The lowest BCUT2D eigenvalue weighted by atomic mass is 9.85. The highest BCUT2D eigenvalue weighted by atomic mass is 35.5. The molecular weight excluding hydrogens is 184 g/mol. The molecule has 0 fully saturated rings. The van der Waals surface area contributed by atoms with Crippen molar-refractivity contribution in [1.82, 2.24) is 0 Å². The second-order valence-corrected chi connectivity index (χ2v) is 4.46. The van der Waals surface area contributed by atoms with E-state index in [9.17, 15) is 5.11 Å². The molecule has 1 atom stereocenters. The molecule has 1 aromatic rings. The van der Waals surface area contributed by atoms with E-state index in [1.807, 2.05) is 18.2 Å². The van der Waals surface area contributed by atoms with Gasteiger partial charge in [0.15, 0.2) is 0 Å². The van der Waals surface area contributed by atoms with E-state index in [0.29, 0.717) is 0 Å². The van der Waals surface area contributed by atoms with Crippen LogP contribution in [0.2, 0.25) is 5.02 Å². The van der Waals surface area contributed by atoms with Gasteiger partial charge in [-0.25, -0.2) is 0 Å². The first kappa shape index (κ1) is 9.04. The Bertz CT molecular complexity index is 335. The molecule has 13 heavy (non-hydrogen) atoms. The highest BCUT2D eigenvalue weighted by Crippen LogP contribution is 2.39. The van der Waals surface area contributed by atoms with Gasteiger partial charge in [-0.15, -0.1) is 0 Å². The molecule has 0 bridgehead atoms. The molecule has 70 valence electrons. The Morgan fingerprint density at radius 3 is 3.00 bits per heavy atom. The maximum atomic E-state index is 9.31. The number of aryl methyl sites for hydroxylation is 1. The summed E-state index contributed by atoms with van der Waals surface area (Å²) in [5, 5.41) is 10.1. The number of halogens is 1. The molecule has 0 saturated heterocycles. The molecule has 0 saturated carbocycles. The molecule has 2 rings (SSSR count). The zero-order valence-electron chi connectivity index (χ0n) is 7.68. The molecule has 0 amide bonds. The minimum atomic E-state index is -0.0417. The SMILES string of the molecule is CC1(CO)CCc2cc(Cl)ccc21. The van der Waals surface area contributed by atoms with Gasteiger partial charge in [0.1, 0.15) is 0 Å². The van der Waals surface area contributed by atoms with Crippen molar-refractivity contribution in [2.24, 2.45) is 0 Å². The highest BCUT2D eigenvalue weighted by Gasteiger charge is 2.33. The van der Waals surface area contributed by atoms with Gasteiger partial charge < -0.3 is 5.11 Å². The van der Waals surface area contributed by atoms with Crippen molar-refractivity contribution in [3.8, 4) is 0 Å². The van der Waals surface area contributed by atoms with E-state index in [0.717, 1.165) is 17.9 Å². The first-order valence-corrected chi connectivity index (χ1v) is 4.93. The minimum absolute atomic E-state index is 0.0417. The molecule has 1 N–H and O–H groups in total. The van der Waals surface area contributed by atoms with Crippen LogP contribution in [0.5, 0.6) is 0 Å². The Labute approximate surface area is 83.3 Å². The van der Waals surface area contributed by atoms with Gasteiger partial charge in [-0.1, -0.05) is 24.6 Å². The summed E-state index contributed by atoms with van der Waals surface area (Å²) in [7, 11) is 0. The van der Waals surface area contributed by atoms with Crippen LogP contribution in [-0.4, -0.2) is 11.7 Å². The molecule has 0 radical (unpaired) electrons. The standard InChI is InChI=1S/C11H13ClO/c1-11(7-13)5-4-8-6-9(12)2-3-10(8)11/h2-3,6,13H,4-5,7H2,1H3. The molecule has 0 heterocycles. The van der Waals surface area contributed by atoms with E-state index in [1.54, 1.807) is 0 Å². The van der Waals surface area contributed by atoms with Crippen LogP contribution >= 0.6 is 11.6 Å². The fraction of sp³-hybridized carbons (Fsp3) is 0.455. The van der Waals surface area contributed by atoms with E-state index < -0.39 is 0 Å². The Balaban J connectivity index is 2.49. The highest BCUT2D eigenvalue weighted by molar-refractivity contribution is 6.30. The van der Waals surface area contributed by atoms with Crippen LogP contribution in [0.4, 0.5) is 0 Å². The topological polar surface area (TPSA) is 20.2 Å². The van der Waals surface area contributed by atoms with Gasteiger partial charge in [0.25, 0.3) is 0 Å². The lowest BCUT2D eigenvalue weighted by molar-refractivity contribution is 0.206. The van der Waals surface area contributed by atoms with Crippen LogP contribution in [0.25, 0.3) is 0 Å². The normalized spacial score (nSPS) is 26.1. The Kier molecular flexibility index (Phi) is 2.09. The van der Waals surface area contributed by atoms with Gasteiger partial charge in [-0.3, -0.25) is 0 Å². The van der Waals surface area contributed by atoms with Gasteiger partial charge in [-0.2, -0.15) is 0 Å². The lowest BCUT2D eigenvalue weighted by Crippen LogP contribution is -2.22. The van der Waals surface area contributed by atoms with Gasteiger partial charge in [0.05, 0.1) is 6.61 Å². The summed E-state index contributed by atoms with van der Waals surface area (Å²) >= 11 is 5.90. The first-order valence-electron chi connectivity index (χ1n) is 4.55. The van der Waals surface area contributed by atoms with Crippen LogP contribution in [0, 0.1) is 0 Å². The monoisotopic (exact) mass is 196 g/mol. The third-order valence-corrected chi connectivity index (χ3v) is 3.25. The number of hydrogen-bond acceptors (Lipinski definition) is 1. The smallest absolute Gasteiger partial charge is 0.0525 e. The summed E-state index contributed by atoms with van der Waals surface area (Å²) in [6.45, 7) is 2.33. The summed E-state index contributed by atoms with van der Waals surface area (Å²) in [5.41, 5.74) is 2.52. The molecule has 0 aliphatic heterocycles. The molecule has 1 aromatic carbocycles. The molecule has 0 aromatic heterocycles. The second kappa shape index (κ2) is 3.00. The molecule has 1 aliphatic rings. The van der Waals surface area contributed by atoms with Gasteiger partial charge in [-0.05, 0) is 36.1 Å². The third-order valence-electron chi connectivity index (χ3n) is 3.01. The molecule has 1 aliphatic carbocycles. The number of aliphatic hydroxyl groups excluding tert-OH is 1. The van der Waals surface area contributed by atoms with E-state index in [4.69, 9.17) is 11.6 Å². The molecule has 1 unspecified atom stereocenters. The van der Waals surface area contributed by atoms with Gasteiger partial charge >= 0.3 is 0 Å². The minimum Gasteiger partial charge on any atom is -0.395 e. The van der Waals surface area contributed by atoms with Crippen molar-refractivity contribution in [2.45, 2.75) is 25.2 Å². The predicted molar refractivity (Wildman–Crippen MR) is 54.2 cm³/mol. The lowest BCUT2D eigenvalue weighted by Gasteiger charge is -2.22. The van der Waals surface area contributed by atoms with Crippen molar-refractivity contribution in [2.75, 3.05) is 6.61 Å². The second-order valence-electron chi connectivity index (χ2n) is 4.02. The van der Waals surface area contributed by atoms with Crippen LogP contribution in [0.15, 0.2) is 18.2 Å². The van der Waals surface area contributed by atoms with Gasteiger partial charge in [0.2, 0.25) is 0 Å². The van der Waals surface area contributed by atoms with Gasteiger partial charge in [0, 0.05) is 10.4 Å². The molecule has 1 nitrogen and oxygen atoms in total. The van der Waals surface area contributed by atoms with E-state index in [2.05, 4.69) is 6.92 Å². The quantitative estimate of drug-likeness (QED) is 0.732. The van der Waals surface area contributed by atoms with Crippen LogP contribution < -0.4 is 0 Å². The first-order chi connectivity index (χ1) is 6.15. The van der Waals surface area contributed by atoms with E-state index in [1.165, 1.54) is 11.1 Å². The molecule has 2 heteroatoms. The van der Waals surface area contributed by atoms with Crippen LogP contribution in [0.1, 0.15) is 24.5 Å². The zero-order valence-corrected chi connectivity index (χ0v) is 8.43. The summed E-state index contributed by atoms with van der Waals surface area (Å²) in [4.78, 5) is 0. The summed E-state index contributed by atoms with van der Waals surface area (Å²) in [6, 6.07) is 5.96. The number of hydrogen-bond donors (Lipinski definition) is 1. The summed E-state index contributed by atoms with van der Waals surface area (Å²) < 4.78 is 0. The number of fused-ring (bicyclic) bond motifs is 1.